The molecule has 9 nitrogen and oxygen atoms in total. The molecule has 0 unspecified atom stereocenters. The van der Waals surface area contributed by atoms with E-state index in [0.717, 1.165) is 22.3 Å². The molecule has 1 atom stereocenters. The summed E-state index contributed by atoms with van der Waals surface area (Å²) in [6.45, 7) is 1.66. The molecule has 2 N–H and O–H groups in total. The van der Waals surface area contributed by atoms with Crippen LogP contribution in [0.25, 0.3) is 10.2 Å². The van der Waals surface area contributed by atoms with Crippen LogP contribution in [-0.4, -0.2) is 28.1 Å². The van der Waals surface area contributed by atoms with Gasteiger partial charge in [-0.3, -0.25) is 14.9 Å². The first-order valence-corrected chi connectivity index (χ1v) is 8.66. The quantitative estimate of drug-likeness (QED) is 0.380. The second-order valence-electron chi connectivity index (χ2n) is 5.57. The van der Waals surface area contributed by atoms with Gasteiger partial charge in [-0.15, -0.1) is 0 Å². The first-order valence-electron chi connectivity index (χ1n) is 7.84. The van der Waals surface area contributed by atoms with Crippen molar-refractivity contribution in [3.8, 4) is 5.75 Å². The minimum Gasteiger partial charge on any atom is -0.868 e. The average molecular weight is 384 g/mol. The summed E-state index contributed by atoms with van der Waals surface area (Å²) in [5, 5.41) is 29.5. The van der Waals surface area contributed by atoms with Gasteiger partial charge in [-0.1, -0.05) is 35.6 Å². The average Bonchev–Trinajstić information content (AvgIpc) is 3.04. The normalized spacial score (nSPS) is 12.2. The lowest BCUT2D eigenvalue weighted by molar-refractivity contribution is -0.398. The van der Waals surface area contributed by atoms with Crippen LogP contribution >= 0.6 is 11.3 Å². The Kier molecular flexibility index (Phi) is 5.27. The van der Waals surface area contributed by atoms with Crippen molar-refractivity contribution in [2.45, 2.75) is 13.0 Å². The van der Waals surface area contributed by atoms with E-state index in [4.69, 9.17) is 0 Å². The number of hydrogen-bond donors (Lipinski definition) is 2. The van der Waals surface area contributed by atoms with Gasteiger partial charge >= 0.3 is 0 Å². The molecule has 1 aromatic heterocycles. The molecule has 0 saturated heterocycles. The lowest BCUT2D eigenvalue weighted by Gasteiger charge is -2.10. The number of nitrogens with zero attached hydrogens (tertiary/aromatic N) is 3. The Bertz CT molecular complexity index is 1000. The second-order valence-corrected chi connectivity index (χ2v) is 6.60. The Hall–Kier alpha value is -3.53. The number of para-hydroxylation sites is 1. The molecule has 0 aliphatic carbocycles. The van der Waals surface area contributed by atoms with Gasteiger partial charge in [0.15, 0.2) is 5.13 Å². The molecule has 0 bridgehead atoms. The Labute approximate surface area is 157 Å². The molecule has 0 fully saturated rings. The van der Waals surface area contributed by atoms with Gasteiger partial charge in [0.2, 0.25) is 0 Å². The van der Waals surface area contributed by atoms with Crippen LogP contribution < -0.4 is 15.8 Å². The van der Waals surface area contributed by atoms with Crippen molar-refractivity contribution in [2.75, 3.05) is 5.32 Å². The van der Waals surface area contributed by atoms with E-state index >= 15 is 0 Å². The Morgan fingerprint density at radius 1 is 1.33 bits per heavy atom. The predicted molar refractivity (Wildman–Crippen MR) is 101 cm³/mol. The molecule has 3 aromatic rings. The summed E-state index contributed by atoms with van der Waals surface area (Å²) in [5.41, 5.74) is 2.97. The zero-order valence-corrected chi connectivity index (χ0v) is 14.9. The molecular weight excluding hydrogens is 370 g/mol. The molecule has 1 heterocycles. The number of thiazole rings is 1. The minimum absolute atomic E-state index is 0.327. The summed E-state index contributed by atoms with van der Waals surface area (Å²) >= 11 is 1.44. The SMILES string of the molecule is C[C@@H](Nc1nc2ccccc2s1)C(=O)N/N=C\c1ccc([O-])c([N+](=O)[O-])c1. The van der Waals surface area contributed by atoms with Crippen LogP contribution in [0.2, 0.25) is 0 Å². The van der Waals surface area contributed by atoms with E-state index in [2.05, 4.69) is 20.8 Å². The number of amides is 1. The van der Waals surface area contributed by atoms with Crippen molar-refractivity contribution in [2.24, 2.45) is 5.10 Å². The lowest BCUT2D eigenvalue weighted by Crippen LogP contribution is -2.34. The molecule has 10 heteroatoms. The van der Waals surface area contributed by atoms with Crippen LogP contribution in [0.4, 0.5) is 10.8 Å². The van der Waals surface area contributed by atoms with Crippen LogP contribution in [0, 0.1) is 10.1 Å². The highest BCUT2D eigenvalue weighted by Gasteiger charge is 2.14. The number of aromatic nitrogens is 1. The number of hydrogen-bond acceptors (Lipinski definition) is 8. The van der Waals surface area contributed by atoms with E-state index in [1.165, 1.54) is 23.6 Å². The third kappa shape index (κ3) is 4.36. The summed E-state index contributed by atoms with van der Waals surface area (Å²) < 4.78 is 1.01. The molecular formula is C17H14N5O4S-. The summed E-state index contributed by atoms with van der Waals surface area (Å²) in [6, 6.07) is 10.6. The van der Waals surface area contributed by atoms with Crippen LogP contribution in [0.3, 0.4) is 0 Å². The molecule has 138 valence electrons. The van der Waals surface area contributed by atoms with Crippen molar-refractivity contribution in [1.29, 1.82) is 0 Å². The highest BCUT2D eigenvalue weighted by atomic mass is 32.1. The van der Waals surface area contributed by atoms with E-state index in [0.29, 0.717) is 10.7 Å². The first-order chi connectivity index (χ1) is 12.9. The standard InChI is InChI=1S/C17H15N5O4S/c1-10(19-17-20-12-4-2-3-5-15(12)27-17)16(24)21-18-9-11-6-7-14(23)13(8-11)22(25)26/h2-10,23H,1H3,(H,19,20)(H,21,24)/p-1/b18-9-/t10-/m1/s1. The fourth-order valence-corrected chi connectivity index (χ4v) is 3.16. The molecule has 0 aliphatic heterocycles. The van der Waals surface area contributed by atoms with Gasteiger partial charge in [0.1, 0.15) is 6.04 Å². The number of anilines is 1. The summed E-state index contributed by atoms with van der Waals surface area (Å²) in [7, 11) is 0. The van der Waals surface area contributed by atoms with Crippen molar-refractivity contribution >= 4 is 44.5 Å². The molecule has 3 rings (SSSR count). The molecule has 1 amide bonds. The van der Waals surface area contributed by atoms with E-state index in [9.17, 15) is 20.0 Å². The van der Waals surface area contributed by atoms with E-state index in [1.807, 2.05) is 24.3 Å². The Morgan fingerprint density at radius 3 is 2.85 bits per heavy atom. The molecule has 0 radical (unpaired) electrons. The lowest BCUT2D eigenvalue weighted by atomic mass is 10.2. The maximum Gasteiger partial charge on any atom is 0.262 e. The monoisotopic (exact) mass is 384 g/mol. The third-order valence-corrected chi connectivity index (χ3v) is 4.56. The van der Waals surface area contributed by atoms with Crippen molar-refractivity contribution in [1.82, 2.24) is 10.4 Å². The van der Waals surface area contributed by atoms with Crippen LogP contribution in [-0.2, 0) is 4.79 Å². The maximum atomic E-state index is 12.1. The van der Waals surface area contributed by atoms with E-state index < -0.39 is 28.3 Å². The van der Waals surface area contributed by atoms with Crippen LogP contribution in [0.1, 0.15) is 12.5 Å². The van der Waals surface area contributed by atoms with Crippen LogP contribution in [0.15, 0.2) is 47.6 Å². The summed E-state index contributed by atoms with van der Waals surface area (Å²) in [6.07, 6.45) is 1.23. The van der Waals surface area contributed by atoms with Gasteiger partial charge in [-0.25, -0.2) is 10.4 Å². The smallest absolute Gasteiger partial charge is 0.262 e. The Balaban J connectivity index is 1.60. The van der Waals surface area contributed by atoms with Gasteiger partial charge in [0.05, 0.1) is 21.4 Å². The topological polar surface area (TPSA) is 133 Å². The van der Waals surface area contributed by atoms with Gasteiger partial charge in [0, 0.05) is 11.6 Å². The maximum absolute atomic E-state index is 12.1. The van der Waals surface area contributed by atoms with Gasteiger partial charge < -0.3 is 10.4 Å². The number of fused-ring (bicyclic) bond motifs is 1. The van der Waals surface area contributed by atoms with Crippen molar-refractivity contribution in [3.05, 3.63) is 58.1 Å². The van der Waals surface area contributed by atoms with Crippen LogP contribution in [0.5, 0.6) is 5.75 Å². The summed E-state index contributed by atoms with van der Waals surface area (Å²) in [5.74, 6) is -1.09. The number of nitro benzene ring substituents is 1. The number of benzene rings is 2. The predicted octanol–water partition coefficient (Wildman–Crippen LogP) is 2.23. The molecule has 0 aliphatic rings. The zero-order chi connectivity index (χ0) is 19.4. The minimum atomic E-state index is -0.762. The number of nitro groups is 1. The molecule has 0 spiro atoms. The Morgan fingerprint density at radius 2 is 2.11 bits per heavy atom. The third-order valence-electron chi connectivity index (χ3n) is 3.60. The molecule has 0 saturated carbocycles. The van der Waals surface area contributed by atoms with Gasteiger partial charge in [0.25, 0.3) is 11.6 Å². The fraction of sp³-hybridized carbons (Fsp3) is 0.118. The number of nitrogens with one attached hydrogen (secondary N) is 2. The first kappa shape index (κ1) is 18.3. The van der Waals surface area contributed by atoms with E-state index in [-0.39, 0.29) is 0 Å². The number of rotatable bonds is 6. The highest BCUT2D eigenvalue weighted by Crippen LogP contribution is 2.26. The summed E-state index contributed by atoms with van der Waals surface area (Å²) in [4.78, 5) is 26.5. The zero-order valence-electron chi connectivity index (χ0n) is 14.1. The molecule has 2 aromatic carbocycles. The van der Waals surface area contributed by atoms with Crippen molar-refractivity contribution in [3.63, 3.8) is 0 Å². The van der Waals surface area contributed by atoms with Gasteiger partial charge in [-0.05, 0) is 24.8 Å². The number of carbonyl (C=O) groups is 1. The number of carbonyl (C=O) groups excluding carboxylic acids is 1. The van der Waals surface area contributed by atoms with E-state index in [1.54, 1.807) is 6.92 Å². The fourth-order valence-electron chi connectivity index (χ4n) is 2.21. The largest absolute Gasteiger partial charge is 0.868 e. The number of hydrazone groups is 1. The highest BCUT2D eigenvalue weighted by molar-refractivity contribution is 7.22. The second kappa shape index (κ2) is 7.79. The van der Waals surface area contributed by atoms with Gasteiger partial charge in [-0.2, -0.15) is 5.10 Å². The van der Waals surface area contributed by atoms with Crippen molar-refractivity contribution < 1.29 is 14.8 Å². The molecule has 27 heavy (non-hydrogen) atoms.